The third-order valence-electron chi connectivity index (χ3n) is 3.63. The van der Waals surface area contributed by atoms with E-state index in [2.05, 4.69) is 16.0 Å². The Balaban J connectivity index is 2.04. The number of carbonyl (C=O) groups excluding carboxylic acids is 2. The topological polar surface area (TPSA) is 79.5 Å². The molecular formula is C19H23N3O3. The first-order chi connectivity index (χ1) is 12.0. The van der Waals surface area contributed by atoms with E-state index in [1.165, 1.54) is 7.11 Å². The fraction of sp³-hybridized carbons (Fsp3) is 0.263. The van der Waals surface area contributed by atoms with E-state index >= 15 is 0 Å². The molecule has 1 atom stereocenters. The summed E-state index contributed by atoms with van der Waals surface area (Å²) in [6.07, 6.45) is 0. The van der Waals surface area contributed by atoms with E-state index in [-0.39, 0.29) is 11.8 Å². The highest BCUT2D eigenvalue weighted by atomic mass is 16.5. The Morgan fingerprint density at radius 3 is 2.20 bits per heavy atom. The molecule has 0 aliphatic heterocycles. The lowest BCUT2D eigenvalue weighted by atomic mass is 10.0. The van der Waals surface area contributed by atoms with Crippen molar-refractivity contribution in [3.8, 4) is 5.75 Å². The average Bonchev–Trinajstić information content (AvgIpc) is 2.60. The summed E-state index contributed by atoms with van der Waals surface area (Å²) >= 11 is 0. The maximum absolute atomic E-state index is 12.6. The molecule has 2 aromatic carbocycles. The van der Waals surface area contributed by atoms with Gasteiger partial charge >= 0.3 is 6.03 Å². The molecule has 2 rings (SSSR count). The standard InChI is InChI=1S/C19H23N3O3/c1-13(2)17(22-19(24)20-14-9-5-4-6-10-14)18(23)21-15-11-7-8-12-16(15)25-3/h4-13,17H,1-3H3,(H,21,23)(H2,20,22,24). The van der Waals surface area contributed by atoms with Crippen LogP contribution in [0.1, 0.15) is 13.8 Å². The Morgan fingerprint density at radius 2 is 1.56 bits per heavy atom. The number of anilines is 2. The quantitative estimate of drug-likeness (QED) is 0.752. The lowest BCUT2D eigenvalue weighted by molar-refractivity contribution is -0.118. The second kappa shape index (κ2) is 8.73. The summed E-state index contributed by atoms with van der Waals surface area (Å²) in [6, 6.07) is 15.1. The number of urea groups is 1. The Labute approximate surface area is 147 Å². The molecule has 0 fully saturated rings. The Bertz CT molecular complexity index is 717. The lowest BCUT2D eigenvalue weighted by Gasteiger charge is -2.22. The van der Waals surface area contributed by atoms with Gasteiger partial charge in [-0.2, -0.15) is 0 Å². The van der Waals surface area contributed by atoms with E-state index in [0.717, 1.165) is 0 Å². The molecule has 0 spiro atoms. The van der Waals surface area contributed by atoms with Gasteiger partial charge in [-0.1, -0.05) is 44.2 Å². The first-order valence-electron chi connectivity index (χ1n) is 8.07. The minimum absolute atomic E-state index is 0.0868. The Hall–Kier alpha value is -3.02. The van der Waals surface area contributed by atoms with E-state index in [1.807, 2.05) is 38.1 Å². The van der Waals surface area contributed by atoms with Gasteiger partial charge in [0, 0.05) is 5.69 Å². The van der Waals surface area contributed by atoms with E-state index in [0.29, 0.717) is 17.1 Å². The number of benzene rings is 2. The summed E-state index contributed by atoms with van der Waals surface area (Å²) in [4.78, 5) is 24.8. The molecule has 0 heterocycles. The number of para-hydroxylation sites is 3. The van der Waals surface area contributed by atoms with Crippen LogP contribution < -0.4 is 20.7 Å². The summed E-state index contributed by atoms with van der Waals surface area (Å²) in [5, 5.41) is 8.24. The van der Waals surface area contributed by atoms with Crippen molar-refractivity contribution >= 4 is 23.3 Å². The van der Waals surface area contributed by atoms with E-state index in [4.69, 9.17) is 4.74 Å². The average molecular weight is 341 g/mol. The van der Waals surface area contributed by atoms with Crippen molar-refractivity contribution in [2.45, 2.75) is 19.9 Å². The van der Waals surface area contributed by atoms with Crippen LogP contribution in [0, 0.1) is 5.92 Å². The highest BCUT2D eigenvalue weighted by molar-refractivity contribution is 6.00. The van der Waals surface area contributed by atoms with Crippen LogP contribution in [-0.4, -0.2) is 25.1 Å². The zero-order valence-electron chi connectivity index (χ0n) is 14.6. The van der Waals surface area contributed by atoms with Gasteiger partial charge in [0.1, 0.15) is 11.8 Å². The van der Waals surface area contributed by atoms with Crippen LogP contribution in [0.5, 0.6) is 5.75 Å². The maximum atomic E-state index is 12.6. The highest BCUT2D eigenvalue weighted by Gasteiger charge is 2.25. The fourth-order valence-electron chi connectivity index (χ4n) is 2.32. The van der Waals surface area contributed by atoms with Crippen LogP contribution in [-0.2, 0) is 4.79 Å². The summed E-state index contributed by atoms with van der Waals surface area (Å²) in [5.74, 6) is 0.172. The Kier molecular flexibility index (Phi) is 6.39. The van der Waals surface area contributed by atoms with Crippen LogP contribution >= 0.6 is 0 Å². The molecule has 6 nitrogen and oxygen atoms in total. The molecule has 3 amide bonds. The van der Waals surface area contributed by atoms with Crippen LogP contribution in [0.25, 0.3) is 0 Å². The fourth-order valence-corrected chi connectivity index (χ4v) is 2.32. The molecule has 132 valence electrons. The smallest absolute Gasteiger partial charge is 0.319 e. The summed E-state index contributed by atoms with van der Waals surface area (Å²) in [7, 11) is 1.54. The molecule has 0 saturated heterocycles. The molecule has 1 unspecified atom stereocenters. The minimum Gasteiger partial charge on any atom is -0.495 e. The summed E-state index contributed by atoms with van der Waals surface area (Å²) < 4.78 is 5.23. The van der Waals surface area contributed by atoms with Crippen molar-refractivity contribution in [3.63, 3.8) is 0 Å². The Morgan fingerprint density at radius 1 is 0.920 bits per heavy atom. The van der Waals surface area contributed by atoms with Crippen LogP contribution in [0.3, 0.4) is 0 Å². The van der Waals surface area contributed by atoms with Crippen molar-refractivity contribution < 1.29 is 14.3 Å². The normalized spacial score (nSPS) is 11.5. The monoisotopic (exact) mass is 341 g/mol. The van der Waals surface area contributed by atoms with Gasteiger partial charge in [0.15, 0.2) is 0 Å². The first kappa shape index (κ1) is 18.3. The van der Waals surface area contributed by atoms with E-state index in [1.54, 1.807) is 30.3 Å². The molecule has 0 bridgehead atoms. The molecule has 25 heavy (non-hydrogen) atoms. The predicted molar refractivity (Wildman–Crippen MR) is 98.8 cm³/mol. The maximum Gasteiger partial charge on any atom is 0.319 e. The van der Waals surface area contributed by atoms with Crippen LogP contribution in [0.15, 0.2) is 54.6 Å². The van der Waals surface area contributed by atoms with Crippen molar-refractivity contribution in [1.82, 2.24) is 5.32 Å². The number of rotatable bonds is 6. The van der Waals surface area contributed by atoms with Gasteiger partial charge in [0.2, 0.25) is 5.91 Å². The van der Waals surface area contributed by atoms with Gasteiger partial charge in [0.05, 0.1) is 12.8 Å². The van der Waals surface area contributed by atoms with E-state index in [9.17, 15) is 9.59 Å². The third-order valence-corrected chi connectivity index (χ3v) is 3.63. The molecular weight excluding hydrogens is 318 g/mol. The number of ether oxygens (including phenoxy) is 1. The molecule has 2 aromatic rings. The molecule has 3 N–H and O–H groups in total. The van der Waals surface area contributed by atoms with Gasteiger partial charge in [-0.15, -0.1) is 0 Å². The molecule has 6 heteroatoms. The second-order valence-corrected chi connectivity index (χ2v) is 5.88. The number of amides is 3. The second-order valence-electron chi connectivity index (χ2n) is 5.88. The number of hydrogen-bond donors (Lipinski definition) is 3. The zero-order chi connectivity index (χ0) is 18.2. The third kappa shape index (κ3) is 5.24. The van der Waals surface area contributed by atoms with Gasteiger partial charge in [-0.3, -0.25) is 4.79 Å². The zero-order valence-corrected chi connectivity index (χ0v) is 14.6. The lowest BCUT2D eigenvalue weighted by Crippen LogP contribution is -2.48. The predicted octanol–water partition coefficient (Wildman–Crippen LogP) is 3.48. The number of carbonyl (C=O) groups is 2. The molecule has 0 aromatic heterocycles. The van der Waals surface area contributed by atoms with Gasteiger partial charge in [-0.25, -0.2) is 4.79 Å². The van der Waals surface area contributed by atoms with Gasteiger partial charge < -0.3 is 20.7 Å². The minimum atomic E-state index is -0.686. The van der Waals surface area contributed by atoms with Crippen molar-refractivity contribution in [3.05, 3.63) is 54.6 Å². The number of methoxy groups -OCH3 is 1. The van der Waals surface area contributed by atoms with Crippen molar-refractivity contribution in [2.24, 2.45) is 5.92 Å². The van der Waals surface area contributed by atoms with Crippen LogP contribution in [0.2, 0.25) is 0 Å². The molecule has 0 saturated carbocycles. The number of hydrogen-bond acceptors (Lipinski definition) is 3. The van der Waals surface area contributed by atoms with Crippen molar-refractivity contribution in [1.29, 1.82) is 0 Å². The molecule has 0 aliphatic carbocycles. The largest absolute Gasteiger partial charge is 0.495 e. The number of nitrogens with one attached hydrogen (secondary N) is 3. The van der Waals surface area contributed by atoms with E-state index < -0.39 is 12.1 Å². The molecule has 0 aliphatic rings. The molecule has 0 radical (unpaired) electrons. The van der Waals surface area contributed by atoms with Gasteiger partial charge in [0.25, 0.3) is 0 Å². The SMILES string of the molecule is COc1ccccc1NC(=O)C(NC(=O)Nc1ccccc1)C(C)C. The first-order valence-corrected chi connectivity index (χ1v) is 8.07. The summed E-state index contributed by atoms with van der Waals surface area (Å²) in [5.41, 5.74) is 1.22. The highest BCUT2D eigenvalue weighted by Crippen LogP contribution is 2.23. The van der Waals surface area contributed by atoms with Crippen LogP contribution in [0.4, 0.5) is 16.2 Å². The summed E-state index contributed by atoms with van der Waals surface area (Å²) in [6.45, 7) is 3.74. The van der Waals surface area contributed by atoms with Gasteiger partial charge in [-0.05, 0) is 30.2 Å². The van der Waals surface area contributed by atoms with Crippen molar-refractivity contribution in [2.75, 3.05) is 17.7 Å².